The number of anilines is 2. The highest BCUT2D eigenvalue weighted by Crippen LogP contribution is 2.32. The monoisotopic (exact) mass is 252 g/mol. The average Bonchev–Trinajstić information content (AvgIpc) is 2.36. The number of carbonyl (C=O) groups is 2. The van der Waals surface area contributed by atoms with E-state index in [-0.39, 0.29) is 22.5 Å². The third-order valence-electron chi connectivity index (χ3n) is 2.88. The summed E-state index contributed by atoms with van der Waals surface area (Å²) in [4.78, 5) is 23.3. The number of hydrogen-bond acceptors (Lipinski definition) is 6. The van der Waals surface area contributed by atoms with E-state index < -0.39 is 11.9 Å². The number of benzene rings is 1. The van der Waals surface area contributed by atoms with Crippen LogP contribution in [0.15, 0.2) is 0 Å². The van der Waals surface area contributed by atoms with Gasteiger partial charge in [0, 0.05) is 0 Å². The van der Waals surface area contributed by atoms with Crippen molar-refractivity contribution in [3.63, 3.8) is 0 Å². The van der Waals surface area contributed by atoms with Crippen LogP contribution in [-0.2, 0) is 9.47 Å². The Morgan fingerprint density at radius 2 is 1.11 bits per heavy atom. The van der Waals surface area contributed by atoms with Gasteiger partial charge in [-0.1, -0.05) is 0 Å². The van der Waals surface area contributed by atoms with Crippen molar-refractivity contribution >= 4 is 23.3 Å². The van der Waals surface area contributed by atoms with Crippen molar-refractivity contribution in [1.29, 1.82) is 0 Å². The quantitative estimate of drug-likeness (QED) is 0.602. The Hall–Kier alpha value is -2.24. The van der Waals surface area contributed by atoms with Gasteiger partial charge >= 0.3 is 11.9 Å². The molecule has 0 saturated heterocycles. The summed E-state index contributed by atoms with van der Waals surface area (Å²) in [6.45, 7) is 3.20. The third kappa shape index (κ3) is 1.97. The highest BCUT2D eigenvalue weighted by atomic mass is 16.5. The zero-order valence-electron chi connectivity index (χ0n) is 10.8. The predicted molar refractivity (Wildman–Crippen MR) is 67.4 cm³/mol. The van der Waals surface area contributed by atoms with Crippen molar-refractivity contribution < 1.29 is 19.1 Å². The van der Waals surface area contributed by atoms with Crippen LogP contribution in [0.4, 0.5) is 11.4 Å². The lowest BCUT2D eigenvalue weighted by molar-refractivity contribution is 0.0587. The van der Waals surface area contributed by atoms with Crippen LogP contribution in [-0.4, -0.2) is 26.2 Å². The van der Waals surface area contributed by atoms with Gasteiger partial charge in [0.2, 0.25) is 0 Å². The summed E-state index contributed by atoms with van der Waals surface area (Å²) in [6, 6.07) is 0. The summed E-state index contributed by atoms with van der Waals surface area (Å²) in [5.41, 5.74) is 13.2. The Labute approximate surface area is 105 Å². The maximum Gasteiger partial charge on any atom is 0.340 e. The van der Waals surface area contributed by atoms with Crippen LogP contribution in [0.1, 0.15) is 31.8 Å². The first kappa shape index (κ1) is 13.8. The normalized spacial score (nSPS) is 10.0. The van der Waals surface area contributed by atoms with E-state index in [0.29, 0.717) is 11.1 Å². The fraction of sp³-hybridized carbons (Fsp3) is 0.333. The Morgan fingerprint density at radius 1 is 0.833 bits per heavy atom. The maximum absolute atomic E-state index is 11.6. The van der Waals surface area contributed by atoms with E-state index in [2.05, 4.69) is 9.47 Å². The lowest BCUT2D eigenvalue weighted by Gasteiger charge is -2.17. The molecule has 18 heavy (non-hydrogen) atoms. The first-order valence-corrected chi connectivity index (χ1v) is 5.21. The van der Waals surface area contributed by atoms with Crippen molar-refractivity contribution in [2.75, 3.05) is 25.7 Å². The van der Waals surface area contributed by atoms with Crippen LogP contribution < -0.4 is 11.5 Å². The summed E-state index contributed by atoms with van der Waals surface area (Å²) < 4.78 is 9.29. The Kier molecular flexibility index (Phi) is 3.80. The van der Waals surface area contributed by atoms with Gasteiger partial charge in [0.25, 0.3) is 0 Å². The van der Waals surface area contributed by atoms with E-state index in [1.54, 1.807) is 13.8 Å². The fourth-order valence-electron chi connectivity index (χ4n) is 1.78. The van der Waals surface area contributed by atoms with Crippen molar-refractivity contribution in [1.82, 2.24) is 0 Å². The van der Waals surface area contributed by atoms with Crippen molar-refractivity contribution in [3.8, 4) is 0 Å². The lowest BCUT2D eigenvalue weighted by atomic mass is 9.94. The molecule has 0 aliphatic carbocycles. The van der Waals surface area contributed by atoms with Gasteiger partial charge in [0.15, 0.2) is 0 Å². The van der Waals surface area contributed by atoms with Gasteiger partial charge in [-0.15, -0.1) is 0 Å². The van der Waals surface area contributed by atoms with Gasteiger partial charge in [-0.05, 0) is 25.0 Å². The Morgan fingerprint density at radius 3 is 1.33 bits per heavy atom. The summed E-state index contributed by atoms with van der Waals surface area (Å²) in [5, 5.41) is 0. The standard InChI is InChI=1S/C12H16N2O4/c1-5-7(11(15)17-3)10(14)6(2)8(9(5)13)12(16)18-4/h13-14H2,1-4H3. The minimum absolute atomic E-state index is 0.175. The summed E-state index contributed by atoms with van der Waals surface area (Å²) in [6.07, 6.45) is 0. The molecule has 0 aliphatic heterocycles. The smallest absolute Gasteiger partial charge is 0.340 e. The number of carbonyl (C=O) groups excluding carboxylic acids is 2. The van der Waals surface area contributed by atoms with Crippen molar-refractivity contribution in [2.24, 2.45) is 0 Å². The van der Waals surface area contributed by atoms with Gasteiger partial charge in [0.1, 0.15) is 0 Å². The second-order valence-electron chi connectivity index (χ2n) is 3.81. The molecule has 0 aliphatic rings. The zero-order chi connectivity index (χ0) is 14.0. The molecule has 0 amide bonds. The molecule has 0 spiro atoms. The molecule has 6 heteroatoms. The third-order valence-corrected chi connectivity index (χ3v) is 2.88. The van der Waals surface area contributed by atoms with Gasteiger partial charge in [-0.3, -0.25) is 0 Å². The molecular formula is C12H16N2O4. The number of hydrogen-bond donors (Lipinski definition) is 2. The number of methoxy groups -OCH3 is 2. The van der Waals surface area contributed by atoms with Crippen LogP contribution in [0.5, 0.6) is 0 Å². The molecule has 4 N–H and O–H groups in total. The van der Waals surface area contributed by atoms with Crippen LogP contribution >= 0.6 is 0 Å². The molecular weight excluding hydrogens is 236 g/mol. The van der Waals surface area contributed by atoms with E-state index in [1.807, 2.05) is 0 Å². The number of ether oxygens (including phenoxy) is 2. The molecule has 0 fully saturated rings. The molecule has 0 aromatic heterocycles. The van der Waals surface area contributed by atoms with Crippen LogP contribution in [0, 0.1) is 13.8 Å². The van der Waals surface area contributed by atoms with Crippen LogP contribution in [0.25, 0.3) is 0 Å². The van der Waals surface area contributed by atoms with E-state index >= 15 is 0 Å². The second-order valence-corrected chi connectivity index (χ2v) is 3.81. The molecule has 0 heterocycles. The summed E-state index contributed by atoms with van der Waals surface area (Å²) in [5.74, 6) is -1.17. The molecule has 0 radical (unpaired) electrons. The number of rotatable bonds is 2. The van der Waals surface area contributed by atoms with Gasteiger partial charge in [0.05, 0.1) is 36.7 Å². The van der Waals surface area contributed by atoms with E-state index in [1.165, 1.54) is 14.2 Å². The average molecular weight is 252 g/mol. The van der Waals surface area contributed by atoms with Gasteiger partial charge in [-0.2, -0.15) is 0 Å². The van der Waals surface area contributed by atoms with Gasteiger partial charge < -0.3 is 20.9 Å². The predicted octanol–water partition coefficient (Wildman–Crippen LogP) is 1.04. The lowest BCUT2D eigenvalue weighted by Crippen LogP contribution is -2.17. The minimum atomic E-state index is -0.587. The first-order chi connectivity index (χ1) is 8.36. The molecule has 0 bridgehead atoms. The highest BCUT2D eigenvalue weighted by Gasteiger charge is 2.25. The minimum Gasteiger partial charge on any atom is -0.465 e. The number of esters is 2. The van der Waals surface area contributed by atoms with Gasteiger partial charge in [-0.25, -0.2) is 9.59 Å². The van der Waals surface area contributed by atoms with Crippen LogP contribution in [0.2, 0.25) is 0 Å². The Bertz CT molecular complexity index is 447. The molecule has 0 atom stereocenters. The summed E-state index contributed by atoms with van der Waals surface area (Å²) >= 11 is 0. The van der Waals surface area contributed by atoms with Crippen molar-refractivity contribution in [2.45, 2.75) is 13.8 Å². The SMILES string of the molecule is COC(=O)c1c(C)c(N)c(C(=O)OC)c(C)c1N. The molecule has 1 rings (SSSR count). The summed E-state index contributed by atoms with van der Waals surface area (Å²) in [7, 11) is 2.50. The number of nitrogen functional groups attached to an aromatic ring is 2. The number of nitrogens with two attached hydrogens (primary N) is 2. The molecule has 1 aromatic carbocycles. The molecule has 0 unspecified atom stereocenters. The largest absolute Gasteiger partial charge is 0.465 e. The highest BCUT2D eigenvalue weighted by molar-refractivity contribution is 6.06. The second kappa shape index (κ2) is 4.95. The van der Waals surface area contributed by atoms with Crippen LogP contribution in [0.3, 0.4) is 0 Å². The van der Waals surface area contributed by atoms with Crippen molar-refractivity contribution in [3.05, 3.63) is 22.3 Å². The molecule has 98 valence electrons. The van der Waals surface area contributed by atoms with E-state index in [0.717, 1.165) is 0 Å². The first-order valence-electron chi connectivity index (χ1n) is 5.21. The van der Waals surface area contributed by atoms with E-state index in [9.17, 15) is 9.59 Å². The fourth-order valence-corrected chi connectivity index (χ4v) is 1.78. The van der Waals surface area contributed by atoms with E-state index in [4.69, 9.17) is 11.5 Å². The zero-order valence-corrected chi connectivity index (χ0v) is 10.8. The Balaban J connectivity index is 3.66. The topological polar surface area (TPSA) is 105 Å². The molecule has 1 aromatic rings. The molecule has 6 nitrogen and oxygen atoms in total. The molecule has 0 saturated carbocycles. The maximum atomic E-state index is 11.6.